The second-order valence-electron chi connectivity index (χ2n) is 7.34. The standard InChI is InChI=1S/C20H25ClN4O8/c1-5-6-7-29-20-23-17(21)14-18(24-20)25(9-22-14)19-16(32-12(4)28)15(31-11(3)27)13(33-19)8-30-10(2)26/h9,13,15-16,19H,5-8H2,1-4H3/t13-,15-,16-,19-/m1/s1. The molecule has 12 nitrogen and oxygen atoms in total. The van der Waals surface area contributed by atoms with E-state index in [-0.39, 0.29) is 28.9 Å². The second kappa shape index (κ2) is 10.8. The van der Waals surface area contributed by atoms with Crippen molar-refractivity contribution in [2.75, 3.05) is 13.2 Å². The van der Waals surface area contributed by atoms with Crippen LogP contribution < -0.4 is 4.74 Å². The van der Waals surface area contributed by atoms with Crippen molar-refractivity contribution in [3.8, 4) is 6.01 Å². The number of fused-ring (bicyclic) bond motifs is 1. The van der Waals surface area contributed by atoms with Crippen LogP contribution in [0.15, 0.2) is 6.33 Å². The molecule has 0 radical (unpaired) electrons. The molecule has 0 unspecified atom stereocenters. The number of esters is 3. The molecule has 2 aromatic heterocycles. The summed E-state index contributed by atoms with van der Waals surface area (Å²) in [5.41, 5.74) is 0.538. The van der Waals surface area contributed by atoms with Crippen LogP contribution in [0.3, 0.4) is 0 Å². The molecule has 1 aliphatic rings. The molecule has 0 aromatic carbocycles. The number of unbranched alkanes of at least 4 members (excludes halogenated alkanes) is 1. The van der Waals surface area contributed by atoms with Gasteiger partial charge in [0, 0.05) is 20.8 Å². The Morgan fingerprint density at radius 3 is 2.42 bits per heavy atom. The Morgan fingerprint density at radius 2 is 1.79 bits per heavy atom. The molecule has 0 amide bonds. The molecular formula is C20H25ClN4O8. The third-order valence-corrected chi connectivity index (χ3v) is 4.97. The van der Waals surface area contributed by atoms with Gasteiger partial charge in [0.05, 0.1) is 12.9 Å². The highest BCUT2D eigenvalue weighted by Gasteiger charge is 2.51. The summed E-state index contributed by atoms with van der Waals surface area (Å²) < 4.78 is 28.9. The van der Waals surface area contributed by atoms with E-state index in [1.807, 2.05) is 6.92 Å². The van der Waals surface area contributed by atoms with E-state index in [0.717, 1.165) is 12.8 Å². The molecule has 0 spiro atoms. The van der Waals surface area contributed by atoms with E-state index in [1.54, 1.807) is 0 Å². The zero-order valence-electron chi connectivity index (χ0n) is 18.6. The molecule has 3 rings (SSSR count). The molecule has 3 heterocycles. The first-order chi connectivity index (χ1) is 15.7. The van der Waals surface area contributed by atoms with E-state index in [2.05, 4.69) is 15.0 Å². The predicted octanol–water partition coefficient (Wildman–Crippen LogP) is 1.98. The maximum absolute atomic E-state index is 11.8. The predicted molar refractivity (Wildman–Crippen MR) is 112 cm³/mol. The third-order valence-electron chi connectivity index (χ3n) is 4.70. The van der Waals surface area contributed by atoms with Crippen molar-refractivity contribution in [2.45, 2.75) is 65.1 Å². The molecule has 0 saturated carbocycles. The van der Waals surface area contributed by atoms with Crippen LogP contribution in [0.2, 0.25) is 5.15 Å². The molecule has 4 atom stereocenters. The highest BCUT2D eigenvalue weighted by molar-refractivity contribution is 6.33. The number of carbonyl (C=O) groups excluding carboxylic acids is 3. The highest BCUT2D eigenvalue weighted by atomic mass is 35.5. The quantitative estimate of drug-likeness (QED) is 0.223. The SMILES string of the molecule is CCCCOc1nc(Cl)c2ncn([C@@H]3O[C@H](COC(C)=O)[C@@H](OC(C)=O)[C@H]3OC(C)=O)c2n1. The number of hydrogen-bond acceptors (Lipinski definition) is 11. The first-order valence-corrected chi connectivity index (χ1v) is 10.7. The zero-order valence-corrected chi connectivity index (χ0v) is 19.4. The van der Waals surface area contributed by atoms with Crippen molar-refractivity contribution >= 4 is 40.7 Å². The molecule has 0 bridgehead atoms. The molecule has 180 valence electrons. The van der Waals surface area contributed by atoms with Gasteiger partial charge < -0.3 is 23.7 Å². The third kappa shape index (κ3) is 5.88. The minimum Gasteiger partial charge on any atom is -0.463 e. The molecule has 0 aliphatic carbocycles. The molecule has 1 aliphatic heterocycles. The average Bonchev–Trinajstić information content (AvgIpc) is 3.28. The first-order valence-electron chi connectivity index (χ1n) is 10.4. The van der Waals surface area contributed by atoms with E-state index in [1.165, 1.54) is 31.7 Å². The molecular weight excluding hydrogens is 460 g/mol. The fourth-order valence-electron chi connectivity index (χ4n) is 3.34. The summed E-state index contributed by atoms with van der Waals surface area (Å²) in [6.45, 7) is 5.86. The van der Waals surface area contributed by atoms with Crippen LogP contribution in [0, 0.1) is 0 Å². The minimum atomic E-state index is -1.08. The number of nitrogens with zero attached hydrogens (tertiary/aromatic N) is 4. The Hall–Kier alpha value is -2.99. The van der Waals surface area contributed by atoms with Gasteiger partial charge in [-0.25, -0.2) is 4.98 Å². The Balaban J connectivity index is 2.01. The van der Waals surface area contributed by atoms with Crippen molar-refractivity contribution in [1.82, 2.24) is 19.5 Å². The van der Waals surface area contributed by atoms with Gasteiger partial charge in [0.15, 0.2) is 29.2 Å². The molecule has 2 aromatic rings. The zero-order chi connectivity index (χ0) is 24.1. The van der Waals surface area contributed by atoms with Crippen LogP contribution in [0.25, 0.3) is 11.2 Å². The maximum Gasteiger partial charge on any atom is 0.319 e. The van der Waals surface area contributed by atoms with E-state index in [9.17, 15) is 14.4 Å². The largest absolute Gasteiger partial charge is 0.463 e. The second-order valence-corrected chi connectivity index (χ2v) is 7.70. The number of aromatic nitrogens is 4. The summed E-state index contributed by atoms with van der Waals surface area (Å²) >= 11 is 6.27. The Bertz CT molecular complexity index is 1030. The van der Waals surface area contributed by atoms with E-state index in [0.29, 0.717) is 6.61 Å². The van der Waals surface area contributed by atoms with Crippen LogP contribution in [-0.2, 0) is 33.3 Å². The molecule has 1 fully saturated rings. The lowest BCUT2D eigenvalue weighted by Crippen LogP contribution is -2.40. The van der Waals surface area contributed by atoms with Crippen LogP contribution in [0.5, 0.6) is 6.01 Å². The van der Waals surface area contributed by atoms with Gasteiger partial charge in [0.1, 0.15) is 18.2 Å². The molecule has 1 saturated heterocycles. The van der Waals surface area contributed by atoms with Gasteiger partial charge in [0.25, 0.3) is 0 Å². The van der Waals surface area contributed by atoms with Gasteiger partial charge in [-0.05, 0) is 6.42 Å². The normalized spacial score (nSPS) is 22.2. The molecule has 0 N–H and O–H groups in total. The average molecular weight is 485 g/mol. The van der Waals surface area contributed by atoms with Crippen molar-refractivity contribution in [3.05, 3.63) is 11.5 Å². The van der Waals surface area contributed by atoms with Gasteiger partial charge >= 0.3 is 23.9 Å². The van der Waals surface area contributed by atoms with Gasteiger partial charge in [-0.3, -0.25) is 19.0 Å². The van der Waals surface area contributed by atoms with Crippen LogP contribution in [0.4, 0.5) is 0 Å². The summed E-state index contributed by atoms with van der Waals surface area (Å²) in [7, 11) is 0. The highest BCUT2D eigenvalue weighted by Crippen LogP contribution is 2.36. The van der Waals surface area contributed by atoms with Crippen LogP contribution >= 0.6 is 11.6 Å². The van der Waals surface area contributed by atoms with Gasteiger partial charge in [-0.2, -0.15) is 9.97 Å². The Kier molecular flexibility index (Phi) is 8.03. The van der Waals surface area contributed by atoms with Crippen molar-refractivity contribution in [1.29, 1.82) is 0 Å². The van der Waals surface area contributed by atoms with Crippen molar-refractivity contribution in [2.24, 2.45) is 0 Å². The van der Waals surface area contributed by atoms with Crippen molar-refractivity contribution in [3.63, 3.8) is 0 Å². The van der Waals surface area contributed by atoms with Gasteiger partial charge in [-0.15, -0.1) is 0 Å². The summed E-state index contributed by atoms with van der Waals surface area (Å²) in [6.07, 6.45) is -0.939. The first kappa shape index (κ1) is 24.6. The van der Waals surface area contributed by atoms with E-state index >= 15 is 0 Å². The number of ether oxygens (including phenoxy) is 5. The van der Waals surface area contributed by atoms with Crippen LogP contribution in [-0.4, -0.2) is 69.0 Å². The Morgan fingerprint density at radius 1 is 1.09 bits per heavy atom. The smallest absolute Gasteiger partial charge is 0.319 e. The summed E-state index contributed by atoms with van der Waals surface area (Å²) in [5, 5.41) is 0.0697. The molecule has 13 heteroatoms. The number of hydrogen-bond donors (Lipinski definition) is 0. The topological polar surface area (TPSA) is 141 Å². The number of carbonyl (C=O) groups is 3. The number of rotatable bonds is 9. The Labute approximate surface area is 194 Å². The fourth-order valence-corrected chi connectivity index (χ4v) is 3.54. The maximum atomic E-state index is 11.8. The van der Waals surface area contributed by atoms with Crippen LogP contribution in [0.1, 0.15) is 46.8 Å². The summed E-state index contributed by atoms with van der Waals surface area (Å²) in [4.78, 5) is 47.6. The van der Waals surface area contributed by atoms with Gasteiger partial charge in [-0.1, -0.05) is 24.9 Å². The lowest BCUT2D eigenvalue weighted by atomic mass is 10.1. The lowest BCUT2D eigenvalue weighted by Gasteiger charge is -2.23. The number of imidazole rings is 1. The van der Waals surface area contributed by atoms with E-state index in [4.69, 9.17) is 35.3 Å². The fraction of sp³-hybridized carbons (Fsp3) is 0.600. The van der Waals surface area contributed by atoms with Gasteiger partial charge in [0.2, 0.25) is 0 Å². The van der Waals surface area contributed by atoms with E-state index < -0.39 is 42.4 Å². The monoisotopic (exact) mass is 484 g/mol. The lowest BCUT2D eigenvalue weighted by molar-refractivity contribution is -0.166. The summed E-state index contributed by atoms with van der Waals surface area (Å²) in [6, 6.07) is 0.0535. The molecule has 33 heavy (non-hydrogen) atoms. The number of halogens is 1. The minimum absolute atomic E-state index is 0.0535. The summed E-state index contributed by atoms with van der Waals surface area (Å²) in [5.74, 6) is -1.80. The van der Waals surface area contributed by atoms with Crippen molar-refractivity contribution < 1.29 is 38.1 Å².